The Bertz CT molecular complexity index is 609. The molecule has 0 radical (unpaired) electrons. The molecule has 3 N–H and O–H groups in total. The molecule has 0 saturated heterocycles. The first-order valence-corrected chi connectivity index (χ1v) is 8.13. The van der Waals surface area contributed by atoms with Crippen LogP contribution in [0.4, 0.5) is 5.69 Å². The molecule has 1 amide bonds. The summed E-state index contributed by atoms with van der Waals surface area (Å²) in [4.78, 5) is 16.5. The predicted octanol–water partition coefficient (Wildman–Crippen LogP) is 3.76. The van der Waals surface area contributed by atoms with Crippen LogP contribution in [-0.2, 0) is 6.42 Å². The van der Waals surface area contributed by atoms with Crippen molar-refractivity contribution in [2.24, 2.45) is 5.73 Å². The minimum atomic E-state index is -0.186. The average Bonchev–Trinajstić information content (AvgIpc) is 2.98. The van der Waals surface area contributed by atoms with Crippen molar-refractivity contribution in [1.82, 2.24) is 4.98 Å². The SMILES string of the molecule is CCCC(N)c1nc(C(=O)Nc2cccc(CC)c2)cs1. The molecular formula is C16H21N3OS. The molecule has 1 aromatic heterocycles. The molecule has 5 heteroatoms. The number of rotatable bonds is 6. The van der Waals surface area contributed by atoms with Crippen molar-refractivity contribution in [2.75, 3.05) is 5.32 Å². The van der Waals surface area contributed by atoms with Crippen LogP contribution in [0, 0.1) is 0 Å². The van der Waals surface area contributed by atoms with Crippen molar-refractivity contribution in [3.63, 3.8) is 0 Å². The Morgan fingerprint density at radius 2 is 2.24 bits per heavy atom. The Morgan fingerprint density at radius 1 is 1.43 bits per heavy atom. The Kier molecular flexibility index (Phi) is 5.47. The van der Waals surface area contributed by atoms with Gasteiger partial charge in [-0.2, -0.15) is 0 Å². The number of benzene rings is 1. The lowest BCUT2D eigenvalue weighted by atomic mass is 10.1. The maximum absolute atomic E-state index is 12.2. The number of hydrogen-bond donors (Lipinski definition) is 2. The Hall–Kier alpha value is -1.72. The molecule has 21 heavy (non-hydrogen) atoms. The third kappa shape index (κ3) is 4.12. The number of nitrogens with zero attached hydrogens (tertiary/aromatic N) is 1. The molecule has 0 spiro atoms. The molecule has 0 bridgehead atoms. The van der Waals surface area contributed by atoms with Gasteiger partial charge in [0.15, 0.2) is 0 Å². The number of thiazole rings is 1. The molecule has 1 heterocycles. The molecule has 1 aromatic carbocycles. The highest BCUT2D eigenvalue weighted by Gasteiger charge is 2.14. The second-order valence-electron chi connectivity index (χ2n) is 4.97. The number of anilines is 1. The van der Waals surface area contributed by atoms with Crippen molar-refractivity contribution in [2.45, 2.75) is 39.2 Å². The first-order chi connectivity index (χ1) is 10.1. The van der Waals surface area contributed by atoms with Crippen LogP contribution < -0.4 is 11.1 Å². The lowest BCUT2D eigenvalue weighted by Crippen LogP contribution is -2.14. The summed E-state index contributed by atoms with van der Waals surface area (Å²) in [5.41, 5.74) is 8.45. The Labute approximate surface area is 129 Å². The zero-order valence-corrected chi connectivity index (χ0v) is 13.2. The van der Waals surface area contributed by atoms with Gasteiger partial charge in [-0.1, -0.05) is 32.4 Å². The van der Waals surface area contributed by atoms with Crippen LogP contribution in [0.15, 0.2) is 29.6 Å². The predicted molar refractivity (Wildman–Crippen MR) is 87.7 cm³/mol. The van der Waals surface area contributed by atoms with Crippen LogP contribution in [0.2, 0.25) is 0 Å². The van der Waals surface area contributed by atoms with Crippen molar-refractivity contribution in [3.05, 3.63) is 45.9 Å². The van der Waals surface area contributed by atoms with Gasteiger partial charge in [-0.25, -0.2) is 4.98 Å². The van der Waals surface area contributed by atoms with E-state index < -0.39 is 0 Å². The molecule has 4 nitrogen and oxygen atoms in total. The standard InChI is InChI=1S/C16H21N3OS/c1-3-6-13(17)16-19-14(10-21-16)15(20)18-12-8-5-7-11(4-2)9-12/h5,7-10,13H,3-4,6,17H2,1-2H3,(H,18,20). The van der Waals surface area contributed by atoms with Crippen LogP contribution in [-0.4, -0.2) is 10.9 Å². The van der Waals surface area contributed by atoms with Crippen molar-refractivity contribution in [3.8, 4) is 0 Å². The van der Waals surface area contributed by atoms with E-state index in [1.165, 1.54) is 16.9 Å². The topological polar surface area (TPSA) is 68.0 Å². The maximum Gasteiger partial charge on any atom is 0.275 e. The smallest absolute Gasteiger partial charge is 0.275 e. The summed E-state index contributed by atoms with van der Waals surface area (Å²) in [6, 6.07) is 7.77. The van der Waals surface area contributed by atoms with Gasteiger partial charge in [-0.3, -0.25) is 4.79 Å². The summed E-state index contributed by atoms with van der Waals surface area (Å²) >= 11 is 1.45. The van der Waals surface area contributed by atoms with Crippen molar-refractivity contribution in [1.29, 1.82) is 0 Å². The summed E-state index contributed by atoms with van der Waals surface area (Å²) < 4.78 is 0. The second kappa shape index (κ2) is 7.33. The van der Waals surface area contributed by atoms with E-state index in [0.29, 0.717) is 5.69 Å². The van der Waals surface area contributed by atoms with E-state index in [1.807, 2.05) is 24.3 Å². The van der Waals surface area contributed by atoms with Gasteiger partial charge >= 0.3 is 0 Å². The number of carbonyl (C=O) groups is 1. The van der Waals surface area contributed by atoms with E-state index in [-0.39, 0.29) is 11.9 Å². The molecule has 0 fully saturated rings. The van der Waals surface area contributed by atoms with Gasteiger partial charge in [0, 0.05) is 11.1 Å². The van der Waals surface area contributed by atoms with Gasteiger partial charge in [0.05, 0.1) is 6.04 Å². The summed E-state index contributed by atoms with van der Waals surface area (Å²) in [6.07, 6.45) is 2.83. The number of amides is 1. The molecule has 2 aromatic rings. The average molecular weight is 303 g/mol. The number of nitrogens with one attached hydrogen (secondary N) is 1. The second-order valence-corrected chi connectivity index (χ2v) is 5.86. The van der Waals surface area contributed by atoms with E-state index in [4.69, 9.17) is 5.73 Å². The summed E-state index contributed by atoms with van der Waals surface area (Å²) in [6.45, 7) is 4.17. The van der Waals surface area contributed by atoms with Crippen LogP contribution in [0.5, 0.6) is 0 Å². The number of carbonyl (C=O) groups excluding carboxylic acids is 1. The highest BCUT2D eigenvalue weighted by molar-refractivity contribution is 7.09. The lowest BCUT2D eigenvalue weighted by Gasteiger charge is -2.06. The van der Waals surface area contributed by atoms with Gasteiger partial charge in [0.1, 0.15) is 10.7 Å². The van der Waals surface area contributed by atoms with E-state index in [1.54, 1.807) is 5.38 Å². The first-order valence-electron chi connectivity index (χ1n) is 7.25. The molecule has 0 saturated carbocycles. The van der Waals surface area contributed by atoms with Crippen LogP contribution in [0.25, 0.3) is 0 Å². The van der Waals surface area contributed by atoms with Crippen LogP contribution >= 0.6 is 11.3 Å². The molecule has 112 valence electrons. The largest absolute Gasteiger partial charge is 0.322 e. The third-order valence-corrected chi connectivity index (χ3v) is 4.24. The summed E-state index contributed by atoms with van der Waals surface area (Å²) in [5, 5.41) is 5.47. The molecule has 0 aliphatic rings. The molecule has 1 unspecified atom stereocenters. The van der Waals surface area contributed by atoms with E-state index >= 15 is 0 Å². The van der Waals surface area contributed by atoms with Crippen LogP contribution in [0.1, 0.15) is 53.8 Å². The molecule has 2 rings (SSSR count). The van der Waals surface area contributed by atoms with Crippen molar-refractivity contribution < 1.29 is 4.79 Å². The van der Waals surface area contributed by atoms with E-state index in [0.717, 1.165) is 30.0 Å². The monoisotopic (exact) mass is 303 g/mol. The quantitative estimate of drug-likeness (QED) is 0.853. The summed E-state index contributed by atoms with van der Waals surface area (Å²) in [7, 11) is 0. The fraction of sp³-hybridized carbons (Fsp3) is 0.375. The zero-order valence-electron chi connectivity index (χ0n) is 12.4. The van der Waals surface area contributed by atoms with Gasteiger partial charge in [-0.15, -0.1) is 11.3 Å². The highest BCUT2D eigenvalue weighted by Crippen LogP contribution is 2.21. The summed E-state index contributed by atoms with van der Waals surface area (Å²) in [5.74, 6) is -0.186. The van der Waals surface area contributed by atoms with Crippen molar-refractivity contribution >= 4 is 22.9 Å². The van der Waals surface area contributed by atoms with Gasteiger partial charge in [0.2, 0.25) is 0 Å². The molecule has 0 aliphatic carbocycles. The number of nitrogens with two attached hydrogens (primary N) is 1. The Balaban J connectivity index is 2.06. The third-order valence-electron chi connectivity index (χ3n) is 3.26. The highest BCUT2D eigenvalue weighted by atomic mass is 32.1. The number of aryl methyl sites for hydroxylation is 1. The Morgan fingerprint density at radius 3 is 2.95 bits per heavy atom. The van der Waals surface area contributed by atoms with E-state index in [9.17, 15) is 4.79 Å². The van der Waals surface area contributed by atoms with Gasteiger partial charge < -0.3 is 11.1 Å². The molecule has 1 atom stereocenters. The van der Waals surface area contributed by atoms with Crippen LogP contribution in [0.3, 0.4) is 0 Å². The normalized spacial score (nSPS) is 12.1. The lowest BCUT2D eigenvalue weighted by molar-refractivity contribution is 0.102. The fourth-order valence-corrected chi connectivity index (χ4v) is 2.90. The molecular weight excluding hydrogens is 282 g/mol. The zero-order chi connectivity index (χ0) is 15.2. The minimum absolute atomic E-state index is 0.0787. The minimum Gasteiger partial charge on any atom is -0.322 e. The number of aromatic nitrogens is 1. The van der Waals surface area contributed by atoms with Gasteiger partial charge in [-0.05, 0) is 30.5 Å². The molecule has 0 aliphatic heterocycles. The van der Waals surface area contributed by atoms with Gasteiger partial charge in [0.25, 0.3) is 5.91 Å². The first kappa shape index (κ1) is 15.7. The maximum atomic E-state index is 12.2. The fourth-order valence-electron chi connectivity index (χ4n) is 2.06. The van der Waals surface area contributed by atoms with E-state index in [2.05, 4.69) is 24.1 Å². The number of hydrogen-bond acceptors (Lipinski definition) is 4.